The summed E-state index contributed by atoms with van der Waals surface area (Å²) >= 11 is 0. The van der Waals surface area contributed by atoms with Gasteiger partial charge in [0.25, 0.3) is 0 Å². The highest BCUT2D eigenvalue weighted by atomic mass is 19.1. The van der Waals surface area contributed by atoms with Crippen LogP contribution in [0, 0.1) is 5.82 Å². The summed E-state index contributed by atoms with van der Waals surface area (Å²) in [6, 6.07) is 23.5. The molecule has 3 N–H and O–H groups in total. The summed E-state index contributed by atoms with van der Waals surface area (Å²) in [6.45, 7) is 4.22. The van der Waals surface area contributed by atoms with Crippen molar-refractivity contribution in [3.63, 3.8) is 0 Å². The van der Waals surface area contributed by atoms with Crippen LogP contribution in [0.25, 0.3) is 55.4 Å². The van der Waals surface area contributed by atoms with Crippen LogP contribution in [0.15, 0.2) is 85.2 Å². The standard InChI is InChI=1S/C29H24FN5/c1-17(2)32-22-12-20(15-31-16-22)18-9-10-27-25(13-18)29(35-34-27)28-14-24-23(7-4-8-26(24)33-28)19-5-3-6-21(30)11-19/h3-17,32-33H,1-2H3,(H,34,35). The molecule has 5 nitrogen and oxygen atoms in total. The van der Waals surface area contributed by atoms with Crippen molar-refractivity contribution >= 4 is 27.5 Å². The monoisotopic (exact) mass is 461 g/mol. The van der Waals surface area contributed by atoms with Crippen molar-refractivity contribution < 1.29 is 4.39 Å². The predicted molar refractivity (Wildman–Crippen MR) is 141 cm³/mol. The quantitative estimate of drug-likeness (QED) is 0.250. The molecule has 6 aromatic rings. The molecule has 172 valence electrons. The van der Waals surface area contributed by atoms with E-state index in [0.29, 0.717) is 6.04 Å². The van der Waals surface area contributed by atoms with Crippen molar-refractivity contribution in [2.45, 2.75) is 19.9 Å². The molecule has 3 aromatic carbocycles. The summed E-state index contributed by atoms with van der Waals surface area (Å²) in [4.78, 5) is 7.92. The van der Waals surface area contributed by atoms with Crippen LogP contribution in [0.1, 0.15) is 13.8 Å². The van der Waals surface area contributed by atoms with Gasteiger partial charge in [0.1, 0.15) is 11.5 Å². The maximum Gasteiger partial charge on any atom is 0.123 e. The lowest BCUT2D eigenvalue weighted by Crippen LogP contribution is -2.09. The highest BCUT2D eigenvalue weighted by Crippen LogP contribution is 2.35. The minimum Gasteiger partial charge on any atom is -0.382 e. The number of hydrogen-bond donors (Lipinski definition) is 3. The molecule has 0 unspecified atom stereocenters. The number of anilines is 1. The molecule has 0 spiro atoms. The van der Waals surface area contributed by atoms with Gasteiger partial charge >= 0.3 is 0 Å². The smallest absolute Gasteiger partial charge is 0.123 e. The summed E-state index contributed by atoms with van der Waals surface area (Å²) in [5.41, 5.74) is 8.59. The molecule has 6 heteroatoms. The lowest BCUT2D eigenvalue weighted by Gasteiger charge is -2.11. The largest absolute Gasteiger partial charge is 0.382 e. The fraction of sp³-hybridized carbons (Fsp3) is 0.103. The van der Waals surface area contributed by atoms with E-state index < -0.39 is 0 Å². The van der Waals surface area contributed by atoms with Crippen LogP contribution < -0.4 is 5.32 Å². The van der Waals surface area contributed by atoms with Crippen LogP contribution >= 0.6 is 0 Å². The van der Waals surface area contributed by atoms with Gasteiger partial charge in [0.2, 0.25) is 0 Å². The van der Waals surface area contributed by atoms with E-state index in [2.05, 4.69) is 63.6 Å². The fourth-order valence-electron chi connectivity index (χ4n) is 4.60. The van der Waals surface area contributed by atoms with Crippen LogP contribution in [-0.2, 0) is 0 Å². The minimum atomic E-state index is -0.247. The Labute approximate surface area is 202 Å². The van der Waals surface area contributed by atoms with E-state index in [-0.39, 0.29) is 5.82 Å². The number of hydrogen-bond acceptors (Lipinski definition) is 3. The lowest BCUT2D eigenvalue weighted by molar-refractivity contribution is 0.628. The summed E-state index contributed by atoms with van der Waals surface area (Å²) in [5, 5.41) is 13.2. The first-order chi connectivity index (χ1) is 17.0. The van der Waals surface area contributed by atoms with Gasteiger partial charge in [0, 0.05) is 40.3 Å². The van der Waals surface area contributed by atoms with Gasteiger partial charge in [-0.25, -0.2) is 4.39 Å². The highest BCUT2D eigenvalue weighted by Gasteiger charge is 2.15. The summed E-state index contributed by atoms with van der Waals surface area (Å²) in [5.74, 6) is -0.247. The minimum absolute atomic E-state index is 0.247. The molecule has 3 aromatic heterocycles. The Morgan fingerprint density at radius 2 is 1.69 bits per heavy atom. The Balaban J connectivity index is 1.45. The summed E-state index contributed by atoms with van der Waals surface area (Å²) < 4.78 is 13.9. The number of nitrogens with zero attached hydrogens (tertiary/aromatic N) is 2. The van der Waals surface area contributed by atoms with Crippen molar-refractivity contribution in [3.05, 3.63) is 91.0 Å². The van der Waals surface area contributed by atoms with Crippen LogP contribution in [0.3, 0.4) is 0 Å². The second-order valence-corrected chi connectivity index (χ2v) is 9.05. The molecular weight excluding hydrogens is 437 g/mol. The van der Waals surface area contributed by atoms with Gasteiger partial charge in [0.05, 0.1) is 16.9 Å². The van der Waals surface area contributed by atoms with Crippen molar-refractivity contribution in [2.75, 3.05) is 5.32 Å². The second-order valence-electron chi connectivity index (χ2n) is 9.05. The van der Waals surface area contributed by atoms with Gasteiger partial charge in [-0.1, -0.05) is 30.3 Å². The van der Waals surface area contributed by atoms with Gasteiger partial charge in [0.15, 0.2) is 0 Å². The summed E-state index contributed by atoms with van der Waals surface area (Å²) in [7, 11) is 0. The van der Waals surface area contributed by atoms with Gasteiger partial charge in [-0.05, 0) is 73.0 Å². The number of nitrogens with one attached hydrogen (secondary N) is 3. The molecule has 0 amide bonds. The number of fused-ring (bicyclic) bond motifs is 2. The average Bonchev–Trinajstić information content (AvgIpc) is 3.47. The van der Waals surface area contributed by atoms with Crippen molar-refractivity contribution in [1.29, 1.82) is 0 Å². The Morgan fingerprint density at radius 3 is 2.54 bits per heavy atom. The van der Waals surface area contributed by atoms with Crippen molar-refractivity contribution in [2.24, 2.45) is 0 Å². The van der Waals surface area contributed by atoms with Crippen LogP contribution in [0.5, 0.6) is 0 Å². The van der Waals surface area contributed by atoms with Crippen LogP contribution in [0.4, 0.5) is 10.1 Å². The van der Waals surface area contributed by atoms with E-state index >= 15 is 0 Å². The molecule has 0 saturated heterocycles. The number of benzene rings is 3. The third kappa shape index (κ3) is 3.93. The van der Waals surface area contributed by atoms with Crippen LogP contribution in [-0.4, -0.2) is 26.2 Å². The van der Waals surface area contributed by atoms with E-state index in [9.17, 15) is 4.39 Å². The van der Waals surface area contributed by atoms with E-state index in [1.807, 2.05) is 42.7 Å². The number of H-pyrrole nitrogens is 2. The Hall–Kier alpha value is -4.45. The van der Waals surface area contributed by atoms with Crippen LogP contribution in [0.2, 0.25) is 0 Å². The zero-order chi connectivity index (χ0) is 23.9. The zero-order valence-electron chi connectivity index (χ0n) is 19.4. The zero-order valence-corrected chi connectivity index (χ0v) is 19.4. The summed E-state index contributed by atoms with van der Waals surface area (Å²) in [6.07, 6.45) is 3.71. The third-order valence-electron chi connectivity index (χ3n) is 6.14. The maximum atomic E-state index is 13.9. The van der Waals surface area contributed by atoms with E-state index in [4.69, 9.17) is 0 Å². The molecule has 35 heavy (non-hydrogen) atoms. The predicted octanol–water partition coefficient (Wildman–Crippen LogP) is 7.40. The topological polar surface area (TPSA) is 69.4 Å². The molecule has 0 aliphatic carbocycles. The third-order valence-corrected chi connectivity index (χ3v) is 6.14. The van der Waals surface area contributed by atoms with Gasteiger partial charge in [-0.2, -0.15) is 5.10 Å². The maximum absolute atomic E-state index is 13.9. The molecule has 0 aliphatic rings. The first-order valence-electron chi connectivity index (χ1n) is 11.6. The highest BCUT2D eigenvalue weighted by molar-refractivity contribution is 6.01. The van der Waals surface area contributed by atoms with Gasteiger partial charge < -0.3 is 10.3 Å². The number of rotatable bonds is 5. The first kappa shape index (κ1) is 21.1. The molecule has 0 fully saturated rings. The molecular formula is C29H24FN5. The Bertz CT molecular complexity index is 1680. The van der Waals surface area contributed by atoms with E-state index in [1.165, 1.54) is 6.07 Å². The number of pyridine rings is 1. The average molecular weight is 462 g/mol. The fourth-order valence-corrected chi connectivity index (χ4v) is 4.60. The van der Waals surface area contributed by atoms with E-state index in [0.717, 1.165) is 61.1 Å². The lowest BCUT2D eigenvalue weighted by atomic mass is 10.0. The number of halogens is 1. The second kappa shape index (κ2) is 8.40. The molecule has 0 radical (unpaired) electrons. The van der Waals surface area contributed by atoms with Gasteiger partial charge in [-0.3, -0.25) is 10.1 Å². The Morgan fingerprint density at radius 1 is 0.800 bits per heavy atom. The molecule has 0 saturated carbocycles. The molecule has 3 heterocycles. The molecule has 0 aliphatic heterocycles. The SMILES string of the molecule is CC(C)Nc1cncc(-c2ccc3[nH]nc(-c4cc5c(-c6cccc(F)c6)cccc5[nH]4)c3c2)c1. The number of aromatic amines is 2. The first-order valence-corrected chi connectivity index (χ1v) is 11.6. The van der Waals surface area contributed by atoms with Crippen molar-refractivity contribution in [1.82, 2.24) is 20.2 Å². The Kier molecular flexibility index (Phi) is 5.07. The number of aromatic nitrogens is 4. The van der Waals surface area contributed by atoms with Gasteiger partial charge in [-0.15, -0.1) is 0 Å². The molecule has 0 bridgehead atoms. The molecule has 6 rings (SSSR count). The van der Waals surface area contributed by atoms with E-state index in [1.54, 1.807) is 12.1 Å². The normalized spacial score (nSPS) is 11.5. The van der Waals surface area contributed by atoms with Crippen molar-refractivity contribution in [3.8, 4) is 33.6 Å². The molecule has 0 atom stereocenters.